The summed E-state index contributed by atoms with van der Waals surface area (Å²) in [7, 11) is -6.00. The van der Waals surface area contributed by atoms with Crippen LogP contribution < -0.4 is 8.73 Å². The predicted molar refractivity (Wildman–Crippen MR) is 33.6 cm³/mol. The summed E-state index contributed by atoms with van der Waals surface area (Å²) in [6.45, 7) is 3.47. The minimum absolute atomic E-state index is 0.811. The first kappa shape index (κ1) is 13.7. The van der Waals surface area contributed by atoms with Gasteiger partial charge in [0.2, 0.25) is 0 Å². The molecule has 0 aliphatic rings. The third kappa shape index (κ3) is 68.8. The number of halogens is 4. The predicted octanol–water partition coefficient (Wildman–Crippen LogP) is 1.26. The van der Waals surface area contributed by atoms with Crippen LogP contribution in [-0.2, 0) is 17.3 Å². The molecule has 0 amide bonds. The van der Waals surface area contributed by atoms with Crippen LogP contribution in [0.3, 0.4) is 0 Å². The van der Waals surface area contributed by atoms with Gasteiger partial charge in [-0.3, -0.25) is 0 Å². The van der Waals surface area contributed by atoms with Gasteiger partial charge in [0.15, 0.2) is 0 Å². The van der Waals surface area contributed by atoms with Gasteiger partial charge in [-0.25, -0.2) is 0 Å². The van der Waals surface area contributed by atoms with E-state index in [9.17, 15) is 17.3 Å². The topological polar surface area (TPSA) is 52.0 Å². The summed E-state index contributed by atoms with van der Waals surface area (Å²) < 4.78 is 49.5. The van der Waals surface area contributed by atoms with Gasteiger partial charge in [0, 0.05) is 0 Å². The SMILES string of the molecule is C=C[CH2][Pd]([NH2])[NH2].F[B-](F)(F)F. The molecule has 0 radical (unpaired) electrons. The van der Waals surface area contributed by atoms with Crippen molar-refractivity contribution in [3.05, 3.63) is 12.7 Å². The van der Waals surface area contributed by atoms with Crippen LogP contribution in [0.2, 0.25) is 4.89 Å². The fraction of sp³-hybridized carbons (Fsp3) is 0.333. The van der Waals surface area contributed by atoms with Crippen molar-refractivity contribution < 1.29 is 34.5 Å². The van der Waals surface area contributed by atoms with E-state index in [2.05, 4.69) is 6.58 Å². The monoisotopic (exact) mass is 266 g/mol. The molecule has 4 N–H and O–H groups in total. The molecule has 8 heteroatoms. The zero-order chi connectivity index (χ0) is 9.49. The summed E-state index contributed by atoms with van der Waals surface area (Å²) in [5.41, 5.74) is 0. The quantitative estimate of drug-likeness (QED) is 0.449. The Hall–Kier alpha value is 0.107. The molecule has 0 unspecified atom stereocenters. The number of hydrogen-bond acceptors (Lipinski definition) is 2. The van der Waals surface area contributed by atoms with Gasteiger partial charge in [-0.15, -0.1) is 0 Å². The Morgan fingerprint density at radius 1 is 1.27 bits per heavy atom. The standard InChI is InChI=1S/C3H5.BF4.2H2N.Pd/c1-3-2;2-1(3,4)5;;;/h3H,1-2H2;;2*1H2;/q;3*-1;+2. The Labute approximate surface area is 68.6 Å². The van der Waals surface area contributed by atoms with Gasteiger partial charge in [0.25, 0.3) is 0 Å². The Morgan fingerprint density at radius 3 is 1.55 bits per heavy atom. The zero-order valence-corrected chi connectivity index (χ0v) is 7.11. The summed E-state index contributed by atoms with van der Waals surface area (Å²) in [4.78, 5) is 0.811. The molecule has 0 bridgehead atoms. The van der Waals surface area contributed by atoms with Gasteiger partial charge in [0.05, 0.1) is 0 Å². The van der Waals surface area contributed by atoms with Crippen molar-refractivity contribution in [2.45, 2.75) is 4.89 Å². The van der Waals surface area contributed by atoms with E-state index >= 15 is 0 Å². The van der Waals surface area contributed by atoms with E-state index in [1.165, 1.54) is 0 Å². The molecule has 0 aromatic heterocycles. The summed E-state index contributed by atoms with van der Waals surface area (Å²) in [5.74, 6) is 0. The molecule has 0 heterocycles. The van der Waals surface area contributed by atoms with E-state index in [0.29, 0.717) is 0 Å². The van der Waals surface area contributed by atoms with E-state index in [-0.39, 0.29) is 0 Å². The van der Waals surface area contributed by atoms with Crippen LogP contribution in [0.5, 0.6) is 0 Å². The molecule has 0 saturated heterocycles. The molecule has 0 aromatic carbocycles. The molecule has 0 aromatic rings. The summed E-state index contributed by atoms with van der Waals surface area (Å²) >= 11 is -1.12. The van der Waals surface area contributed by atoms with E-state index in [4.69, 9.17) is 8.73 Å². The van der Waals surface area contributed by atoms with Crippen LogP contribution >= 0.6 is 0 Å². The van der Waals surface area contributed by atoms with Crippen LogP contribution in [0.15, 0.2) is 12.7 Å². The van der Waals surface area contributed by atoms with Crippen molar-refractivity contribution in [2.24, 2.45) is 8.73 Å². The maximum Gasteiger partial charge on any atom is 0.673 e. The van der Waals surface area contributed by atoms with Gasteiger partial charge >= 0.3 is 50.8 Å². The van der Waals surface area contributed by atoms with Crippen LogP contribution in [0.25, 0.3) is 0 Å². The summed E-state index contributed by atoms with van der Waals surface area (Å²) in [6, 6.07) is 0. The van der Waals surface area contributed by atoms with E-state index in [1.54, 1.807) is 6.08 Å². The van der Waals surface area contributed by atoms with Crippen molar-refractivity contribution in [1.82, 2.24) is 0 Å². The van der Waals surface area contributed by atoms with Crippen LogP contribution in [-0.4, -0.2) is 7.25 Å². The van der Waals surface area contributed by atoms with Crippen LogP contribution in [0.4, 0.5) is 17.3 Å². The fourth-order valence-electron chi connectivity index (χ4n) is 0.105. The third-order valence-electron chi connectivity index (χ3n) is 0.240. The van der Waals surface area contributed by atoms with Crippen molar-refractivity contribution in [3.8, 4) is 0 Å². The number of hydrogen-bond donors (Lipinski definition) is 2. The Bertz CT molecular complexity index is 100. The van der Waals surface area contributed by atoms with Gasteiger partial charge in [-0.1, -0.05) is 0 Å². The number of nitrogens with two attached hydrogens (primary N) is 2. The minimum atomic E-state index is -6.00. The van der Waals surface area contributed by atoms with E-state index < -0.39 is 24.5 Å². The molecule has 0 aliphatic heterocycles. The molecular weight excluding hydrogens is 257 g/mol. The Kier molecular flexibility index (Phi) is 8.45. The molecule has 11 heavy (non-hydrogen) atoms. The average molecular weight is 266 g/mol. The molecular formula is C3H9BF4N2Pd-. The smallest absolute Gasteiger partial charge is 0.418 e. The summed E-state index contributed by atoms with van der Waals surface area (Å²) in [6.07, 6.45) is 1.75. The van der Waals surface area contributed by atoms with Crippen LogP contribution in [0.1, 0.15) is 0 Å². The largest absolute Gasteiger partial charge is 0.673 e. The molecule has 0 spiro atoms. The van der Waals surface area contributed by atoms with Crippen LogP contribution in [0, 0.1) is 0 Å². The van der Waals surface area contributed by atoms with Gasteiger partial charge < -0.3 is 17.3 Å². The zero-order valence-electron chi connectivity index (χ0n) is 5.55. The maximum absolute atomic E-state index is 9.75. The fourth-order valence-corrected chi connectivity index (χ4v) is 0.624. The average Bonchev–Trinajstić information content (AvgIpc) is 1.58. The second kappa shape index (κ2) is 6.80. The van der Waals surface area contributed by atoms with Crippen molar-refractivity contribution in [1.29, 1.82) is 0 Å². The van der Waals surface area contributed by atoms with Gasteiger partial charge in [-0.05, 0) is 0 Å². The van der Waals surface area contributed by atoms with Gasteiger partial charge in [-0.2, -0.15) is 0 Å². The van der Waals surface area contributed by atoms with Crippen molar-refractivity contribution in [3.63, 3.8) is 0 Å². The molecule has 0 saturated carbocycles. The van der Waals surface area contributed by atoms with Gasteiger partial charge in [0.1, 0.15) is 0 Å². The Morgan fingerprint density at radius 2 is 1.55 bits per heavy atom. The third-order valence-corrected chi connectivity index (χ3v) is 1.42. The first-order chi connectivity index (χ1) is 4.77. The first-order valence-corrected chi connectivity index (χ1v) is 5.17. The normalized spacial score (nSPS) is 11.3. The molecule has 0 rings (SSSR count). The Balaban J connectivity index is 0. The molecule has 2 nitrogen and oxygen atoms in total. The molecule has 0 fully saturated rings. The minimum Gasteiger partial charge on any atom is -0.418 e. The maximum atomic E-state index is 9.75. The van der Waals surface area contributed by atoms with E-state index in [1.807, 2.05) is 0 Å². The first-order valence-electron chi connectivity index (χ1n) is 2.28. The molecule has 0 atom stereocenters. The van der Waals surface area contributed by atoms with Crippen molar-refractivity contribution in [2.75, 3.05) is 0 Å². The second-order valence-corrected chi connectivity index (χ2v) is 3.70. The van der Waals surface area contributed by atoms with E-state index in [0.717, 1.165) is 4.89 Å². The summed E-state index contributed by atoms with van der Waals surface area (Å²) in [5, 5.41) is 0. The molecule has 73 valence electrons. The number of rotatable bonds is 2. The molecule has 0 aliphatic carbocycles. The van der Waals surface area contributed by atoms with Crippen molar-refractivity contribution >= 4 is 7.25 Å². The second-order valence-electron chi connectivity index (χ2n) is 1.28. The number of allylic oxidation sites excluding steroid dienone is 1.